The summed E-state index contributed by atoms with van der Waals surface area (Å²) in [5.74, 6) is 1.18. The number of anilines is 1. The number of nitrogens with zero attached hydrogens (tertiary/aromatic N) is 3. The van der Waals surface area contributed by atoms with Crippen LogP contribution >= 0.6 is 0 Å². The fraction of sp³-hybridized carbons (Fsp3) is 0.357. The third-order valence-corrected chi connectivity index (χ3v) is 2.70. The van der Waals surface area contributed by atoms with Crippen LogP contribution < -0.4 is 10.1 Å². The Morgan fingerprint density at radius 2 is 2.11 bits per heavy atom. The normalized spacial score (nSPS) is 10.3. The van der Waals surface area contributed by atoms with Crippen molar-refractivity contribution in [3.05, 3.63) is 41.3 Å². The molecule has 0 amide bonds. The summed E-state index contributed by atoms with van der Waals surface area (Å²) in [4.78, 5) is 12.7. The average Bonchev–Trinajstić information content (AvgIpc) is 2.37. The van der Waals surface area contributed by atoms with E-state index in [1.165, 1.54) is 5.56 Å². The molecule has 19 heavy (non-hydrogen) atoms. The lowest BCUT2D eigenvalue weighted by Gasteiger charge is -2.09. The first-order chi connectivity index (χ1) is 9.19. The Labute approximate surface area is 113 Å². The first-order valence-corrected chi connectivity index (χ1v) is 6.31. The molecule has 0 fully saturated rings. The van der Waals surface area contributed by atoms with E-state index in [9.17, 15) is 0 Å². The van der Waals surface area contributed by atoms with Crippen molar-refractivity contribution in [2.75, 3.05) is 11.9 Å². The van der Waals surface area contributed by atoms with Gasteiger partial charge in [0, 0.05) is 30.7 Å². The van der Waals surface area contributed by atoms with Crippen LogP contribution in [0.25, 0.3) is 0 Å². The molecule has 0 spiro atoms. The number of pyridine rings is 1. The van der Waals surface area contributed by atoms with Gasteiger partial charge < -0.3 is 10.1 Å². The fourth-order valence-electron chi connectivity index (χ4n) is 1.72. The van der Waals surface area contributed by atoms with Crippen molar-refractivity contribution in [1.82, 2.24) is 15.0 Å². The molecule has 0 unspecified atom stereocenters. The van der Waals surface area contributed by atoms with Crippen LogP contribution in [-0.2, 0) is 6.54 Å². The van der Waals surface area contributed by atoms with Crippen molar-refractivity contribution in [3.63, 3.8) is 0 Å². The SMILES string of the molecule is CCOc1cc(C)nc(NCc2ccncc2C)n1. The number of aromatic nitrogens is 3. The second-order valence-corrected chi connectivity index (χ2v) is 4.26. The molecule has 5 nitrogen and oxygen atoms in total. The van der Waals surface area contributed by atoms with Gasteiger partial charge in [-0.25, -0.2) is 4.98 Å². The van der Waals surface area contributed by atoms with Crippen molar-refractivity contribution in [2.24, 2.45) is 0 Å². The number of ether oxygens (including phenoxy) is 1. The predicted octanol–water partition coefficient (Wildman–Crippen LogP) is 2.50. The van der Waals surface area contributed by atoms with Crippen molar-refractivity contribution in [3.8, 4) is 5.88 Å². The lowest BCUT2D eigenvalue weighted by molar-refractivity contribution is 0.326. The second kappa shape index (κ2) is 6.13. The van der Waals surface area contributed by atoms with Gasteiger partial charge in [0.05, 0.1) is 6.61 Å². The molecule has 0 aliphatic heterocycles. The topological polar surface area (TPSA) is 59.9 Å². The molecular formula is C14H18N4O. The quantitative estimate of drug-likeness (QED) is 0.892. The average molecular weight is 258 g/mol. The molecule has 5 heteroatoms. The largest absolute Gasteiger partial charge is 0.478 e. The number of hydrogen-bond acceptors (Lipinski definition) is 5. The van der Waals surface area contributed by atoms with E-state index in [4.69, 9.17) is 4.74 Å². The summed E-state index contributed by atoms with van der Waals surface area (Å²) in [6.07, 6.45) is 3.63. The van der Waals surface area contributed by atoms with Crippen LogP contribution in [0.1, 0.15) is 23.7 Å². The zero-order chi connectivity index (χ0) is 13.7. The number of aryl methyl sites for hydroxylation is 2. The molecule has 0 aliphatic carbocycles. The highest BCUT2D eigenvalue weighted by atomic mass is 16.5. The summed E-state index contributed by atoms with van der Waals surface area (Å²) >= 11 is 0. The van der Waals surface area contributed by atoms with Crippen molar-refractivity contribution < 1.29 is 4.74 Å². The molecule has 0 saturated heterocycles. The Morgan fingerprint density at radius 1 is 1.26 bits per heavy atom. The molecule has 2 rings (SSSR count). The van der Waals surface area contributed by atoms with Crippen LogP contribution in [0.3, 0.4) is 0 Å². The summed E-state index contributed by atoms with van der Waals surface area (Å²) in [5, 5.41) is 3.21. The van der Waals surface area contributed by atoms with Gasteiger partial charge in [0.25, 0.3) is 0 Å². The Hall–Kier alpha value is -2.17. The molecule has 2 aromatic rings. The van der Waals surface area contributed by atoms with Gasteiger partial charge in [-0.3, -0.25) is 4.98 Å². The molecule has 100 valence electrons. The van der Waals surface area contributed by atoms with Gasteiger partial charge in [0.15, 0.2) is 0 Å². The Balaban J connectivity index is 2.09. The smallest absolute Gasteiger partial charge is 0.226 e. The summed E-state index contributed by atoms with van der Waals surface area (Å²) < 4.78 is 5.40. The van der Waals surface area contributed by atoms with Crippen molar-refractivity contribution >= 4 is 5.95 Å². The van der Waals surface area contributed by atoms with Crippen LogP contribution in [0, 0.1) is 13.8 Å². The van der Waals surface area contributed by atoms with Gasteiger partial charge in [-0.1, -0.05) is 0 Å². The molecule has 0 bridgehead atoms. The maximum absolute atomic E-state index is 5.40. The molecule has 0 aliphatic rings. The highest BCUT2D eigenvalue weighted by molar-refractivity contribution is 5.33. The van der Waals surface area contributed by atoms with Crippen molar-refractivity contribution in [1.29, 1.82) is 0 Å². The molecule has 0 atom stereocenters. The van der Waals surface area contributed by atoms with Crippen molar-refractivity contribution in [2.45, 2.75) is 27.3 Å². The van der Waals surface area contributed by atoms with E-state index in [2.05, 4.69) is 20.3 Å². The number of nitrogens with one attached hydrogen (secondary N) is 1. The van der Waals surface area contributed by atoms with Gasteiger partial charge in [-0.15, -0.1) is 0 Å². The minimum Gasteiger partial charge on any atom is -0.478 e. The molecule has 1 N–H and O–H groups in total. The van der Waals surface area contributed by atoms with Crippen LogP contribution in [-0.4, -0.2) is 21.6 Å². The Morgan fingerprint density at radius 3 is 2.84 bits per heavy atom. The van der Waals surface area contributed by atoms with Crippen LogP contribution in [0.5, 0.6) is 5.88 Å². The van der Waals surface area contributed by atoms with E-state index in [0.29, 0.717) is 25.0 Å². The van der Waals surface area contributed by atoms with E-state index in [-0.39, 0.29) is 0 Å². The van der Waals surface area contributed by atoms with Gasteiger partial charge >= 0.3 is 0 Å². The van der Waals surface area contributed by atoms with E-state index in [1.54, 1.807) is 6.20 Å². The Bertz CT molecular complexity index is 557. The van der Waals surface area contributed by atoms with Gasteiger partial charge in [0.1, 0.15) is 0 Å². The van der Waals surface area contributed by atoms with E-state index < -0.39 is 0 Å². The molecule has 2 heterocycles. The Kier molecular flexibility index (Phi) is 4.28. The van der Waals surface area contributed by atoms with E-state index in [1.807, 2.05) is 39.1 Å². The highest BCUT2D eigenvalue weighted by Crippen LogP contribution is 2.13. The van der Waals surface area contributed by atoms with Crippen LogP contribution in [0.4, 0.5) is 5.95 Å². The van der Waals surface area contributed by atoms with Gasteiger partial charge in [0.2, 0.25) is 11.8 Å². The zero-order valence-electron chi connectivity index (χ0n) is 11.5. The fourth-order valence-corrected chi connectivity index (χ4v) is 1.72. The number of hydrogen-bond donors (Lipinski definition) is 1. The number of rotatable bonds is 5. The molecule has 0 radical (unpaired) electrons. The molecular weight excluding hydrogens is 240 g/mol. The minimum atomic E-state index is 0.583. The summed E-state index contributed by atoms with van der Waals surface area (Å²) in [6, 6.07) is 3.81. The van der Waals surface area contributed by atoms with Gasteiger partial charge in [-0.2, -0.15) is 4.98 Å². The summed E-state index contributed by atoms with van der Waals surface area (Å²) in [7, 11) is 0. The second-order valence-electron chi connectivity index (χ2n) is 4.26. The molecule has 0 saturated carbocycles. The van der Waals surface area contributed by atoms with Gasteiger partial charge in [-0.05, 0) is 38.0 Å². The zero-order valence-corrected chi connectivity index (χ0v) is 11.5. The monoisotopic (exact) mass is 258 g/mol. The lowest BCUT2D eigenvalue weighted by Crippen LogP contribution is -2.07. The third kappa shape index (κ3) is 3.64. The first-order valence-electron chi connectivity index (χ1n) is 6.31. The molecule has 2 aromatic heterocycles. The van der Waals surface area contributed by atoms with E-state index >= 15 is 0 Å². The summed E-state index contributed by atoms with van der Waals surface area (Å²) in [6.45, 7) is 7.16. The third-order valence-electron chi connectivity index (χ3n) is 2.70. The van der Waals surface area contributed by atoms with Crippen LogP contribution in [0.2, 0.25) is 0 Å². The van der Waals surface area contributed by atoms with E-state index in [0.717, 1.165) is 11.3 Å². The predicted molar refractivity (Wildman–Crippen MR) is 74.2 cm³/mol. The lowest BCUT2D eigenvalue weighted by atomic mass is 10.1. The standard InChI is InChI=1S/C14H18N4O/c1-4-19-13-7-11(3)17-14(18-13)16-9-12-5-6-15-8-10(12)2/h5-8H,4,9H2,1-3H3,(H,16,17,18). The maximum Gasteiger partial charge on any atom is 0.226 e. The summed E-state index contributed by atoms with van der Waals surface area (Å²) in [5.41, 5.74) is 3.21. The highest BCUT2D eigenvalue weighted by Gasteiger charge is 2.03. The maximum atomic E-state index is 5.40. The first kappa shape index (κ1) is 13.3. The van der Waals surface area contributed by atoms with Crippen LogP contribution in [0.15, 0.2) is 24.5 Å². The molecule has 0 aromatic carbocycles. The minimum absolute atomic E-state index is 0.583.